The summed E-state index contributed by atoms with van der Waals surface area (Å²) in [6, 6.07) is 12.6. The van der Waals surface area contributed by atoms with Crippen molar-refractivity contribution in [2.45, 2.75) is 6.42 Å². The van der Waals surface area contributed by atoms with E-state index in [0.717, 1.165) is 11.1 Å². The van der Waals surface area contributed by atoms with Gasteiger partial charge in [0.1, 0.15) is 0 Å². The number of esters is 1. The van der Waals surface area contributed by atoms with E-state index >= 15 is 0 Å². The van der Waals surface area contributed by atoms with Gasteiger partial charge in [0.2, 0.25) is 0 Å². The van der Waals surface area contributed by atoms with Gasteiger partial charge in [-0.2, -0.15) is 0 Å². The zero-order chi connectivity index (χ0) is 13.8. The summed E-state index contributed by atoms with van der Waals surface area (Å²) in [6.45, 7) is 0. The molecule has 2 nitrogen and oxygen atoms in total. The first-order valence-electron chi connectivity index (χ1n) is 5.72. The minimum Gasteiger partial charge on any atom is -0.465 e. The predicted octanol–water partition coefficient (Wildman–Crippen LogP) is 4.37. The van der Waals surface area contributed by atoms with Gasteiger partial charge in [-0.25, -0.2) is 4.79 Å². The monoisotopic (exact) mass is 294 g/mol. The number of halogens is 2. The highest BCUT2D eigenvalue weighted by Gasteiger charge is 2.14. The molecule has 0 aliphatic rings. The number of hydrogen-bond donors (Lipinski definition) is 0. The van der Waals surface area contributed by atoms with E-state index in [0.29, 0.717) is 22.0 Å². The van der Waals surface area contributed by atoms with E-state index in [1.165, 1.54) is 7.11 Å². The Hall–Kier alpha value is -1.51. The summed E-state index contributed by atoms with van der Waals surface area (Å²) in [7, 11) is 1.36. The van der Waals surface area contributed by atoms with Crippen LogP contribution >= 0.6 is 23.2 Å². The SMILES string of the molecule is COC(=O)c1ccccc1Cc1c(Cl)cccc1Cl. The molecule has 0 bridgehead atoms. The summed E-state index contributed by atoms with van der Waals surface area (Å²) >= 11 is 12.3. The Balaban J connectivity index is 2.42. The fraction of sp³-hybridized carbons (Fsp3) is 0.133. The molecule has 0 amide bonds. The van der Waals surface area contributed by atoms with Gasteiger partial charge in [0, 0.05) is 16.5 Å². The number of carbonyl (C=O) groups is 1. The lowest BCUT2D eigenvalue weighted by Gasteiger charge is -2.10. The molecule has 0 aromatic heterocycles. The number of methoxy groups -OCH3 is 1. The van der Waals surface area contributed by atoms with E-state index in [1.54, 1.807) is 30.3 Å². The van der Waals surface area contributed by atoms with Gasteiger partial charge in [-0.3, -0.25) is 0 Å². The Kier molecular flexibility index (Phi) is 4.46. The molecule has 4 heteroatoms. The Morgan fingerprint density at radius 3 is 2.32 bits per heavy atom. The summed E-state index contributed by atoms with van der Waals surface area (Å²) in [5.41, 5.74) is 2.17. The van der Waals surface area contributed by atoms with Gasteiger partial charge in [-0.1, -0.05) is 47.5 Å². The number of benzene rings is 2. The van der Waals surface area contributed by atoms with E-state index in [9.17, 15) is 4.79 Å². The van der Waals surface area contributed by atoms with Gasteiger partial charge in [0.05, 0.1) is 12.7 Å². The van der Waals surface area contributed by atoms with Crippen LogP contribution in [0, 0.1) is 0 Å². The third-order valence-corrected chi connectivity index (χ3v) is 3.56. The van der Waals surface area contributed by atoms with Crippen LogP contribution in [0.4, 0.5) is 0 Å². The number of ether oxygens (including phenoxy) is 1. The van der Waals surface area contributed by atoms with Crippen molar-refractivity contribution >= 4 is 29.2 Å². The standard InChI is InChI=1S/C15H12Cl2O2/c1-19-15(18)11-6-3-2-5-10(11)9-12-13(16)7-4-8-14(12)17/h2-8H,9H2,1H3. The van der Waals surface area contributed by atoms with E-state index in [1.807, 2.05) is 12.1 Å². The van der Waals surface area contributed by atoms with Gasteiger partial charge >= 0.3 is 5.97 Å². The molecule has 0 N–H and O–H groups in total. The zero-order valence-electron chi connectivity index (χ0n) is 10.3. The molecular weight excluding hydrogens is 283 g/mol. The van der Waals surface area contributed by atoms with Crippen molar-refractivity contribution in [2.24, 2.45) is 0 Å². The molecule has 0 unspecified atom stereocenters. The minimum atomic E-state index is -0.362. The van der Waals surface area contributed by atoms with Crippen molar-refractivity contribution in [3.8, 4) is 0 Å². The average Bonchev–Trinajstić information content (AvgIpc) is 2.42. The van der Waals surface area contributed by atoms with Gasteiger partial charge < -0.3 is 4.74 Å². The maximum absolute atomic E-state index is 11.7. The van der Waals surface area contributed by atoms with Crippen molar-refractivity contribution in [3.63, 3.8) is 0 Å². The first-order chi connectivity index (χ1) is 9.13. The predicted molar refractivity (Wildman–Crippen MR) is 77.0 cm³/mol. The van der Waals surface area contributed by atoms with E-state index < -0.39 is 0 Å². The molecule has 2 aromatic carbocycles. The minimum absolute atomic E-state index is 0.362. The van der Waals surface area contributed by atoms with E-state index in [-0.39, 0.29) is 5.97 Å². The Labute approximate surface area is 121 Å². The van der Waals surface area contributed by atoms with Crippen LogP contribution in [-0.4, -0.2) is 13.1 Å². The summed E-state index contributed by atoms with van der Waals surface area (Å²) in [4.78, 5) is 11.7. The maximum atomic E-state index is 11.7. The first-order valence-corrected chi connectivity index (χ1v) is 6.48. The first kappa shape index (κ1) is 13.9. The highest BCUT2D eigenvalue weighted by atomic mass is 35.5. The van der Waals surface area contributed by atoms with Gasteiger partial charge in [0.25, 0.3) is 0 Å². The van der Waals surface area contributed by atoms with Crippen LogP contribution in [0.2, 0.25) is 10.0 Å². The largest absolute Gasteiger partial charge is 0.465 e. The molecule has 0 saturated heterocycles. The van der Waals surface area contributed by atoms with Crippen molar-refractivity contribution in [1.29, 1.82) is 0 Å². The molecule has 0 heterocycles. The summed E-state index contributed by atoms with van der Waals surface area (Å²) in [5.74, 6) is -0.362. The molecule has 0 fully saturated rings. The fourth-order valence-corrected chi connectivity index (χ4v) is 2.41. The number of rotatable bonds is 3. The summed E-state index contributed by atoms with van der Waals surface area (Å²) in [5, 5.41) is 1.18. The Morgan fingerprint density at radius 2 is 1.68 bits per heavy atom. The van der Waals surface area contributed by atoms with Gasteiger partial charge in [-0.15, -0.1) is 0 Å². The normalized spacial score (nSPS) is 10.3. The van der Waals surface area contributed by atoms with Crippen LogP contribution < -0.4 is 0 Å². The van der Waals surface area contributed by atoms with E-state index in [4.69, 9.17) is 27.9 Å². The molecule has 0 aliphatic heterocycles. The summed E-state index contributed by atoms with van der Waals surface area (Å²) < 4.78 is 4.77. The van der Waals surface area contributed by atoms with Crippen LogP contribution in [-0.2, 0) is 11.2 Å². The highest BCUT2D eigenvalue weighted by molar-refractivity contribution is 6.36. The quantitative estimate of drug-likeness (QED) is 0.786. The Bertz CT molecular complexity index is 589. The van der Waals surface area contributed by atoms with Crippen LogP contribution in [0.5, 0.6) is 0 Å². The second-order valence-corrected chi connectivity index (χ2v) is 4.84. The molecular formula is C15H12Cl2O2. The van der Waals surface area contributed by atoms with Gasteiger partial charge in [-0.05, 0) is 29.3 Å². The van der Waals surface area contributed by atoms with Crippen molar-refractivity contribution in [2.75, 3.05) is 7.11 Å². The number of hydrogen-bond acceptors (Lipinski definition) is 2. The lowest BCUT2D eigenvalue weighted by Crippen LogP contribution is -2.06. The third-order valence-electron chi connectivity index (χ3n) is 2.85. The average molecular weight is 295 g/mol. The molecule has 98 valence electrons. The molecule has 19 heavy (non-hydrogen) atoms. The lowest BCUT2D eigenvalue weighted by molar-refractivity contribution is 0.0599. The molecule has 0 aliphatic carbocycles. The topological polar surface area (TPSA) is 26.3 Å². The molecule has 2 aromatic rings. The molecule has 0 spiro atoms. The third kappa shape index (κ3) is 3.09. The van der Waals surface area contributed by atoms with Crippen molar-refractivity contribution in [1.82, 2.24) is 0 Å². The molecule has 0 atom stereocenters. The number of carbonyl (C=O) groups excluding carboxylic acids is 1. The smallest absolute Gasteiger partial charge is 0.338 e. The van der Waals surface area contributed by atoms with E-state index in [2.05, 4.69) is 0 Å². The van der Waals surface area contributed by atoms with Crippen LogP contribution in [0.25, 0.3) is 0 Å². The second-order valence-electron chi connectivity index (χ2n) is 4.03. The maximum Gasteiger partial charge on any atom is 0.338 e. The van der Waals surface area contributed by atoms with Crippen LogP contribution in [0.1, 0.15) is 21.5 Å². The molecule has 2 rings (SSSR count). The van der Waals surface area contributed by atoms with Crippen molar-refractivity contribution in [3.05, 3.63) is 69.2 Å². The van der Waals surface area contributed by atoms with Crippen LogP contribution in [0.15, 0.2) is 42.5 Å². The molecule has 0 radical (unpaired) electrons. The van der Waals surface area contributed by atoms with Crippen molar-refractivity contribution < 1.29 is 9.53 Å². The fourth-order valence-electron chi connectivity index (χ4n) is 1.88. The summed E-state index contributed by atoms with van der Waals surface area (Å²) in [6.07, 6.45) is 0.490. The molecule has 0 saturated carbocycles. The highest BCUT2D eigenvalue weighted by Crippen LogP contribution is 2.27. The van der Waals surface area contributed by atoms with Gasteiger partial charge in [0.15, 0.2) is 0 Å². The Morgan fingerprint density at radius 1 is 1.05 bits per heavy atom. The lowest BCUT2D eigenvalue weighted by atomic mass is 10.00. The second kappa shape index (κ2) is 6.09. The zero-order valence-corrected chi connectivity index (χ0v) is 11.8. The van der Waals surface area contributed by atoms with Crippen LogP contribution in [0.3, 0.4) is 0 Å².